The summed E-state index contributed by atoms with van der Waals surface area (Å²) < 4.78 is 44.5. The highest BCUT2D eigenvalue weighted by atomic mass is 35.5. The number of nitrogens with one attached hydrogen (secondary N) is 1. The predicted octanol–water partition coefficient (Wildman–Crippen LogP) is 3.59. The molecular weight excluding hydrogens is 415 g/mol. The van der Waals surface area contributed by atoms with Crippen molar-refractivity contribution in [1.29, 1.82) is 0 Å². The maximum atomic E-state index is 12.9. The second kappa shape index (κ2) is 7.84. The number of hydrogen-bond donors (Lipinski definition) is 1. The number of aliphatic imine (C=N–C) groups is 1. The molecule has 1 aliphatic rings. The largest absolute Gasteiger partial charge is 0.493 e. The highest BCUT2D eigenvalue weighted by Gasteiger charge is 2.26. The molecule has 1 aliphatic heterocycles. The van der Waals surface area contributed by atoms with Gasteiger partial charge < -0.3 is 14.2 Å². The molecule has 27 heavy (non-hydrogen) atoms. The lowest BCUT2D eigenvalue weighted by molar-refractivity contribution is 0.346. The molecule has 7 nitrogen and oxygen atoms in total. The van der Waals surface area contributed by atoms with Gasteiger partial charge in [-0.25, -0.2) is 13.4 Å². The lowest BCUT2D eigenvalue weighted by Gasteiger charge is -2.18. The zero-order valence-electron chi connectivity index (χ0n) is 14.5. The van der Waals surface area contributed by atoms with Gasteiger partial charge in [-0.1, -0.05) is 23.2 Å². The second-order valence-electron chi connectivity index (χ2n) is 5.47. The van der Waals surface area contributed by atoms with Gasteiger partial charge in [-0.05, 0) is 30.3 Å². The Morgan fingerprint density at radius 2 is 1.81 bits per heavy atom. The van der Waals surface area contributed by atoms with Gasteiger partial charge in [0.2, 0.25) is 5.90 Å². The lowest BCUT2D eigenvalue weighted by atomic mass is 10.1. The SMILES string of the molecule is COc1ccc(C2=NCCO2)c(NS(=O)(=O)c2cc(Cl)cc(Cl)c2)c1OC. The molecule has 2 aromatic carbocycles. The first-order valence-electron chi connectivity index (χ1n) is 7.77. The fourth-order valence-electron chi connectivity index (χ4n) is 2.58. The zero-order valence-corrected chi connectivity index (χ0v) is 16.8. The van der Waals surface area contributed by atoms with Crippen LogP contribution in [0.1, 0.15) is 5.56 Å². The molecule has 1 heterocycles. The number of halogens is 2. The lowest BCUT2D eigenvalue weighted by Crippen LogP contribution is -2.17. The summed E-state index contributed by atoms with van der Waals surface area (Å²) in [5, 5.41) is 0.397. The average Bonchev–Trinajstić information content (AvgIpc) is 3.14. The Balaban J connectivity index is 2.14. The van der Waals surface area contributed by atoms with E-state index in [1.807, 2.05) is 0 Å². The van der Waals surface area contributed by atoms with Crippen LogP contribution >= 0.6 is 23.2 Å². The average molecular weight is 431 g/mol. The molecule has 0 fully saturated rings. The van der Waals surface area contributed by atoms with Crippen molar-refractivity contribution in [3.8, 4) is 11.5 Å². The van der Waals surface area contributed by atoms with Crippen LogP contribution in [0.3, 0.4) is 0 Å². The molecule has 0 aromatic heterocycles. The summed E-state index contributed by atoms with van der Waals surface area (Å²) in [6, 6.07) is 7.33. The highest BCUT2D eigenvalue weighted by molar-refractivity contribution is 7.92. The molecule has 0 spiro atoms. The summed E-state index contributed by atoms with van der Waals surface area (Å²) in [5.41, 5.74) is 0.579. The van der Waals surface area contributed by atoms with Crippen LogP contribution in [-0.2, 0) is 14.8 Å². The maximum absolute atomic E-state index is 12.9. The van der Waals surface area contributed by atoms with Crippen molar-refractivity contribution in [3.05, 3.63) is 45.9 Å². The molecule has 3 rings (SSSR count). The zero-order chi connectivity index (χ0) is 19.6. The minimum atomic E-state index is -4.03. The van der Waals surface area contributed by atoms with Gasteiger partial charge in [0.15, 0.2) is 11.5 Å². The molecule has 0 bridgehead atoms. The summed E-state index contributed by atoms with van der Waals surface area (Å²) in [5.74, 6) is 0.865. The molecule has 10 heteroatoms. The van der Waals surface area contributed by atoms with E-state index in [2.05, 4.69) is 9.71 Å². The molecule has 0 atom stereocenters. The van der Waals surface area contributed by atoms with Crippen molar-refractivity contribution in [1.82, 2.24) is 0 Å². The standard InChI is InChI=1S/C17H16Cl2N2O5S/c1-24-14-4-3-13(17-20-5-6-26-17)15(16(14)25-2)21-27(22,23)12-8-10(18)7-11(19)9-12/h3-4,7-9,21H,5-6H2,1-2H3. The minimum absolute atomic E-state index is 0.0925. The van der Waals surface area contributed by atoms with Crippen LogP contribution in [-0.4, -0.2) is 41.7 Å². The Morgan fingerprint density at radius 1 is 1.11 bits per heavy atom. The first kappa shape index (κ1) is 19.6. The second-order valence-corrected chi connectivity index (χ2v) is 8.02. The molecule has 1 N–H and O–H groups in total. The van der Waals surface area contributed by atoms with E-state index in [4.69, 9.17) is 37.4 Å². The van der Waals surface area contributed by atoms with Crippen LogP contribution in [0.25, 0.3) is 0 Å². The van der Waals surface area contributed by atoms with Crippen LogP contribution in [0.2, 0.25) is 10.0 Å². The van der Waals surface area contributed by atoms with Crippen molar-refractivity contribution in [2.75, 3.05) is 32.1 Å². The maximum Gasteiger partial charge on any atom is 0.262 e. The third-order valence-electron chi connectivity index (χ3n) is 3.74. The van der Waals surface area contributed by atoms with Gasteiger partial charge in [-0.2, -0.15) is 0 Å². The first-order chi connectivity index (χ1) is 12.9. The smallest absolute Gasteiger partial charge is 0.262 e. The summed E-state index contributed by atoms with van der Waals surface area (Å²) in [4.78, 5) is 4.16. The number of hydrogen-bond acceptors (Lipinski definition) is 6. The Hall–Kier alpha value is -2.16. The molecule has 0 saturated heterocycles. The van der Waals surface area contributed by atoms with E-state index in [9.17, 15) is 8.42 Å². The number of benzene rings is 2. The van der Waals surface area contributed by atoms with Gasteiger partial charge in [0.1, 0.15) is 12.3 Å². The monoisotopic (exact) mass is 430 g/mol. The highest BCUT2D eigenvalue weighted by Crippen LogP contribution is 2.40. The first-order valence-corrected chi connectivity index (χ1v) is 10.0. The summed E-state index contributed by atoms with van der Waals surface area (Å²) >= 11 is 11.9. The Labute approximate surface area is 166 Å². The van der Waals surface area contributed by atoms with Crippen molar-refractivity contribution >= 4 is 44.8 Å². The van der Waals surface area contributed by atoms with Gasteiger partial charge in [0.25, 0.3) is 10.0 Å². The van der Waals surface area contributed by atoms with Gasteiger partial charge in [-0.3, -0.25) is 4.72 Å². The Bertz CT molecular complexity index is 988. The molecular formula is C17H16Cl2N2O5S. The van der Waals surface area contributed by atoms with E-state index in [0.717, 1.165) is 0 Å². The number of methoxy groups -OCH3 is 2. The quantitative estimate of drug-likeness (QED) is 0.756. The predicted molar refractivity (Wildman–Crippen MR) is 104 cm³/mol. The molecule has 2 aromatic rings. The van der Waals surface area contributed by atoms with E-state index < -0.39 is 10.0 Å². The molecule has 0 unspecified atom stereocenters. The van der Waals surface area contributed by atoms with Gasteiger partial charge in [0.05, 0.1) is 31.2 Å². The number of sulfonamides is 1. The van der Waals surface area contributed by atoms with Crippen molar-refractivity contribution in [3.63, 3.8) is 0 Å². The van der Waals surface area contributed by atoms with Gasteiger partial charge >= 0.3 is 0 Å². The third kappa shape index (κ3) is 4.07. The van der Waals surface area contributed by atoms with Gasteiger partial charge in [0, 0.05) is 10.0 Å². The normalized spacial score (nSPS) is 13.7. The fourth-order valence-corrected chi connectivity index (χ4v) is 4.39. The van der Waals surface area contributed by atoms with E-state index in [-0.39, 0.29) is 26.4 Å². The van der Waals surface area contributed by atoms with Crippen LogP contribution < -0.4 is 14.2 Å². The number of rotatable bonds is 6. The fraction of sp³-hybridized carbons (Fsp3) is 0.235. The molecule has 0 aliphatic carbocycles. The van der Waals surface area contributed by atoms with Crippen LogP contribution in [0.15, 0.2) is 40.2 Å². The van der Waals surface area contributed by atoms with Crippen LogP contribution in [0, 0.1) is 0 Å². The van der Waals surface area contributed by atoms with Crippen LogP contribution in [0.5, 0.6) is 11.5 Å². The topological polar surface area (TPSA) is 86.2 Å². The Kier molecular flexibility index (Phi) is 5.69. The van der Waals surface area contributed by atoms with Crippen LogP contribution in [0.4, 0.5) is 5.69 Å². The van der Waals surface area contributed by atoms with E-state index in [1.54, 1.807) is 12.1 Å². The minimum Gasteiger partial charge on any atom is -0.493 e. The van der Waals surface area contributed by atoms with E-state index in [0.29, 0.717) is 30.4 Å². The molecule has 0 saturated carbocycles. The van der Waals surface area contributed by atoms with E-state index in [1.165, 1.54) is 32.4 Å². The summed E-state index contributed by atoms with van der Waals surface area (Å²) in [6.07, 6.45) is 0. The molecule has 144 valence electrons. The number of nitrogens with zero attached hydrogens (tertiary/aromatic N) is 1. The summed E-state index contributed by atoms with van der Waals surface area (Å²) in [6.45, 7) is 0.902. The van der Waals surface area contributed by atoms with Crippen molar-refractivity contribution in [2.45, 2.75) is 4.90 Å². The van der Waals surface area contributed by atoms with E-state index >= 15 is 0 Å². The number of ether oxygens (including phenoxy) is 3. The molecule has 0 radical (unpaired) electrons. The van der Waals surface area contributed by atoms with Gasteiger partial charge in [-0.15, -0.1) is 0 Å². The van der Waals surface area contributed by atoms with Crippen molar-refractivity contribution < 1.29 is 22.6 Å². The Morgan fingerprint density at radius 3 is 2.37 bits per heavy atom. The third-order valence-corrected chi connectivity index (χ3v) is 5.51. The molecule has 0 amide bonds. The van der Waals surface area contributed by atoms with Crippen molar-refractivity contribution in [2.24, 2.45) is 4.99 Å². The number of anilines is 1. The summed E-state index contributed by atoms with van der Waals surface area (Å²) in [7, 11) is -1.17.